The van der Waals surface area contributed by atoms with E-state index in [-0.39, 0.29) is 0 Å². The molecule has 0 amide bonds. The van der Waals surface area contributed by atoms with E-state index in [4.69, 9.17) is 9.97 Å². The molecule has 0 spiro atoms. The van der Waals surface area contributed by atoms with Crippen molar-refractivity contribution in [1.82, 2.24) is 15.0 Å². The first kappa shape index (κ1) is 20.1. The molecule has 1 aliphatic heterocycles. The van der Waals surface area contributed by atoms with Crippen molar-refractivity contribution in [2.75, 3.05) is 4.90 Å². The SMILES string of the molecule is c1ccc2cc3c(cc2c1)-c1cccc2cccc(c12)N3c1nc(-c2ccncc2)c2ccccc2n1. The minimum absolute atomic E-state index is 0.657. The third-order valence-electron chi connectivity index (χ3n) is 7.26. The van der Waals surface area contributed by atoms with Gasteiger partial charge in [-0.3, -0.25) is 9.88 Å². The average molecular weight is 473 g/mol. The van der Waals surface area contributed by atoms with E-state index >= 15 is 0 Å². The van der Waals surface area contributed by atoms with Crippen molar-refractivity contribution < 1.29 is 0 Å². The Morgan fingerprint density at radius 3 is 2.14 bits per heavy atom. The average Bonchev–Trinajstić information content (AvgIpc) is 2.96. The highest BCUT2D eigenvalue weighted by atomic mass is 15.3. The number of anilines is 3. The third kappa shape index (κ3) is 2.99. The highest BCUT2D eigenvalue weighted by Crippen LogP contribution is 2.51. The van der Waals surface area contributed by atoms with Crippen molar-refractivity contribution >= 4 is 49.8 Å². The van der Waals surface area contributed by atoms with Gasteiger partial charge in [0.25, 0.3) is 0 Å². The molecule has 1 aliphatic rings. The summed E-state index contributed by atoms with van der Waals surface area (Å²) >= 11 is 0. The number of hydrogen-bond donors (Lipinski definition) is 0. The normalized spacial score (nSPS) is 12.3. The van der Waals surface area contributed by atoms with Gasteiger partial charge in [-0.15, -0.1) is 0 Å². The van der Waals surface area contributed by atoms with Crippen LogP contribution in [0, 0.1) is 0 Å². The quantitative estimate of drug-likeness (QED) is 0.253. The minimum atomic E-state index is 0.657. The molecule has 0 N–H and O–H groups in total. The fourth-order valence-electron chi connectivity index (χ4n) is 5.60. The molecular formula is C33H20N4. The molecule has 0 unspecified atom stereocenters. The summed E-state index contributed by atoms with van der Waals surface area (Å²) < 4.78 is 0. The minimum Gasteiger partial charge on any atom is -0.278 e. The van der Waals surface area contributed by atoms with E-state index in [2.05, 4.69) is 94.8 Å². The first-order valence-corrected chi connectivity index (χ1v) is 12.4. The molecule has 0 fully saturated rings. The molecule has 2 aromatic heterocycles. The Balaban J connectivity index is 1.50. The smallest absolute Gasteiger partial charge is 0.235 e. The summed E-state index contributed by atoms with van der Waals surface area (Å²) in [5.41, 5.74) is 7.42. The predicted molar refractivity (Wildman–Crippen MR) is 151 cm³/mol. The van der Waals surface area contributed by atoms with Gasteiger partial charge in [-0.2, -0.15) is 0 Å². The molecular weight excluding hydrogens is 452 g/mol. The van der Waals surface area contributed by atoms with Crippen molar-refractivity contribution in [3.63, 3.8) is 0 Å². The van der Waals surface area contributed by atoms with Crippen molar-refractivity contribution in [1.29, 1.82) is 0 Å². The maximum atomic E-state index is 5.22. The Morgan fingerprint density at radius 1 is 0.541 bits per heavy atom. The van der Waals surface area contributed by atoms with E-state index in [1.54, 1.807) is 0 Å². The molecule has 0 aliphatic carbocycles. The van der Waals surface area contributed by atoms with Crippen LogP contribution in [0.3, 0.4) is 0 Å². The van der Waals surface area contributed by atoms with Gasteiger partial charge in [0.15, 0.2) is 0 Å². The molecule has 5 aromatic carbocycles. The van der Waals surface area contributed by atoms with Crippen molar-refractivity contribution in [2.45, 2.75) is 0 Å². The van der Waals surface area contributed by atoms with Crippen LogP contribution in [-0.2, 0) is 0 Å². The van der Waals surface area contributed by atoms with Gasteiger partial charge in [-0.25, -0.2) is 9.97 Å². The lowest BCUT2D eigenvalue weighted by molar-refractivity contribution is 1.11. The lowest BCUT2D eigenvalue weighted by Crippen LogP contribution is -2.18. The summed E-state index contributed by atoms with van der Waals surface area (Å²) in [7, 11) is 0. The van der Waals surface area contributed by atoms with E-state index in [1.165, 1.54) is 32.7 Å². The number of nitrogens with zero attached hydrogens (tertiary/aromatic N) is 4. The summed E-state index contributed by atoms with van der Waals surface area (Å²) in [5.74, 6) is 0.657. The van der Waals surface area contributed by atoms with Crippen LogP contribution < -0.4 is 4.90 Å². The Bertz CT molecular complexity index is 1990. The van der Waals surface area contributed by atoms with E-state index in [9.17, 15) is 0 Å². The first-order valence-electron chi connectivity index (χ1n) is 12.4. The number of aromatic nitrogens is 3. The third-order valence-corrected chi connectivity index (χ3v) is 7.26. The highest BCUT2D eigenvalue weighted by molar-refractivity contribution is 6.15. The van der Waals surface area contributed by atoms with Crippen LogP contribution >= 0.6 is 0 Å². The van der Waals surface area contributed by atoms with Gasteiger partial charge in [-0.1, -0.05) is 72.8 Å². The lowest BCUT2D eigenvalue weighted by Gasteiger charge is -2.32. The van der Waals surface area contributed by atoms with Gasteiger partial charge in [0.1, 0.15) is 0 Å². The molecule has 8 rings (SSSR count). The Hall–Kier alpha value is -5.09. The van der Waals surface area contributed by atoms with Crippen LogP contribution in [0.4, 0.5) is 17.3 Å². The summed E-state index contributed by atoms with van der Waals surface area (Å²) in [6.07, 6.45) is 3.62. The van der Waals surface area contributed by atoms with Crippen LogP contribution in [0.25, 0.3) is 54.8 Å². The monoisotopic (exact) mass is 472 g/mol. The van der Waals surface area contributed by atoms with Crippen LogP contribution in [0.5, 0.6) is 0 Å². The van der Waals surface area contributed by atoms with Crippen LogP contribution in [0.1, 0.15) is 0 Å². The van der Waals surface area contributed by atoms with E-state index in [0.717, 1.165) is 33.5 Å². The first-order chi connectivity index (χ1) is 18.3. The number of pyridine rings is 1. The van der Waals surface area contributed by atoms with Gasteiger partial charge in [0.05, 0.1) is 22.6 Å². The lowest BCUT2D eigenvalue weighted by atomic mass is 9.89. The summed E-state index contributed by atoms with van der Waals surface area (Å²) in [4.78, 5) is 16.8. The molecule has 0 bridgehead atoms. The topological polar surface area (TPSA) is 41.9 Å². The van der Waals surface area contributed by atoms with Gasteiger partial charge in [0.2, 0.25) is 5.95 Å². The Morgan fingerprint density at radius 2 is 1.27 bits per heavy atom. The zero-order chi connectivity index (χ0) is 24.3. The van der Waals surface area contributed by atoms with Gasteiger partial charge < -0.3 is 0 Å². The standard InChI is InChI=1S/C33H20N4/c1-2-8-24-20-30-27(19-23(24)7-1)25-12-5-9-21-10-6-14-29(31(21)25)37(30)33-35-28-13-4-3-11-26(28)32(36-33)22-15-17-34-18-16-22/h1-20H. The highest BCUT2D eigenvalue weighted by Gasteiger charge is 2.28. The molecule has 37 heavy (non-hydrogen) atoms. The number of fused-ring (bicyclic) bond motifs is 4. The van der Waals surface area contributed by atoms with Crippen LogP contribution in [-0.4, -0.2) is 15.0 Å². The molecule has 0 saturated carbocycles. The maximum absolute atomic E-state index is 5.22. The predicted octanol–water partition coefficient (Wildman–Crippen LogP) is 8.45. The number of para-hydroxylation sites is 1. The Kier molecular flexibility index (Phi) is 4.19. The molecule has 0 radical (unpaired) electrons. The summed E-state index contributed by atoms with van der Waals surface area (Å²) in [6, 6.07) is 38.3. The van der Waals surface area contributed by atoms with Gasteiger partial charge in [0, 0.05) is 34.3 Å². The van der Waals surface area contributed by atoms with Crippen LogP contribution in [0.15, 0.2) is 122 Å². The second-order valence-corrected chi connectivity index (χ2v) is 9.36. The maximum Gasteiger partial charge on any atom is 0.235 e. The summed E-state index contributed by atoms with van der Waals surface area (Å²) in [6.45, 7) is 0. The summed E-state index contributed by atoms with van der Waals surface area (Å²) in [5, 5.41) is 5.85. The molecule has 7 aromatic rings. The number of hydrogen-bond acceptors (Lipinski definition) is 4. The van der Waals surface area contributed by atoms with Crippen LogP contribution in [0.2, 0.25) is 0 Å². The van der Waals surface area contributed by atoms with E-state index in [1.807, 2.05) is 36.7 Å². The fourth-order valence-corrected chi connectivity index (χ4v) is 5.60. The van der Waals surface area contributed by atoms with E-state index < -0.39 is 0 Å². The zero-order valence-electron chi connectivity index (χ0n) is 19.8. The van der Waals surface area contributed by atoms with Crippen molar-refractivity contribution in [3.05, 3.63) is 122 Å². The molecule has 0 saturated heterocycles. The molecule has 3 heterocycles. The molecule has 4 nitrogen and oxygen atoms in total. The largest absolute Gasteiger partial charge is 0.278 e. The zero-order valence-corrected chi connectivity index (χ0v) is 19.8. The second kappa shape index (κ2) is 7.70. The molecule has 172 valence electrons. The van der Waals surface area contributed by atoms with Gasteiger partial charge in [-0.05, 0) is 58.1 Å². The second-order valence-electron chi connectivity index (χ2n) is 9.36. The Labute approximate surface area is 213 Å². The van der Waals surface area contributed by atoms with Gasteiger partial charge >= 0.3 is 0 Å². The number of rotatable bonds is 2. The number of benzene rings is 5. The van der Waals surface area contributed by atoms with E-state index in [0.29, 0.717) is 5.95 Å². The fraction of sp³-hybridized carbons (Fsp3) is 0. The molecule has 0 atom stereocenters. The molecule has 4 heteroatoms. The van der Waals surface area contributed by atoms with Crippen molar-refractivity contribution in [2.24, 2.45) is 0 Å². The van der Waals surface area contributed by atoms with Crippen molar-refractivity contribution in [3.8, 4) is 22.4 Å².